The summed E-state index contributed by atoms with van der Waals surface area (Å²) in [6.07, 6.45) is 9.31. The van der Waals surface area contributed by atoms with Crippen LogP contribution >= 0.6 is 12.2 Å². The Kier molecular flexibility index (Phi) is 5.01. The zero-order valence-corrected chi connectivity index (χ0v) is 17.4. The molecule has 152 valence electrons. The summed E-state index contributed by atoms with van der Waals surface area (Å²) in [7, 11) is 0. The van der Waals surface area contributed by atoms with Crippen LogP contribution in [0, 0.1) is 4.77 Å². The SMILES string of the molecule is O=c1[nH]c(=S)n(CCc2c[nH]c3ccccc23)c2c1CN(C1CCCCC1)CN2. The number of hydrogen-bond donors (Lipinski definition) is 3. The van der Waals surface area contributed by atoms with Gasteiger partial charge < -0.3 is 14.9 Å². The van der Waals surface area contributed by atoms with E-state index in [1.54, 1.807) is 0 Å². The average Bonchev–Trinajstić information content (AvgIpc) is 3.17. The van der Waals surface area contributed by atoms with E-state index in [0.29, 0.717) is 17.4 Å². The van der Waals surface area contributed by atoms with Crippen LogP contribution in [0.4, 0.5) is 5.82 Å². The molecule has 29 heavy (non-hydrogen) atoms. The molecule has 2 aromatic heterocycles. The molecule has 0 spiro atoms. The molecule has 3 heterocycles. The van der Waals surface area contributed by atoms with Gasteiger partial charge in [-0.25, -0.2) is 0 Å². The highest BCUT2D eigenvalue weighted by atomic mass is 32.1. The molecule has 5 rings (SSSR count). The van der Waals surface area contributed by atoms with Crippen molar-refractivity contribution in [3.05, 3.63) is 56.7 Å². The zero-order valence-electron chi connectivity index (χ0n) is 16.5. The molecule has 0 atom stereocenters. The van der Waals surface area contributed by atoms with Crippen LogP contribution in [0.2, 0.25) is 0 Å². The van der Waals surface area contributed by atoms with E-state index in [-0.39, 0.29) is 5.56 Å². The lowest BCUT2D eigenvalue weighted by molar-refractivity contribution is 0.152. The molecule has 2 aliphatic rings. The minimum absolute atomic E-state index is 0.0543. The molecule has 1 aliphatic heterocycles. The minimum Gasteiger partial charge on any atom is -0.361 e. The number of nitrogens with zero attached hydrogens (tertiary/aromatic N) is 2. The number of anilines is 1. The summed E-state index contributed by atoms with van der Waals surface area (Å²) < 4.78 is 2.55. The monoisotopic (exact) mass is 409 g/mol. The van der Waals surface area contributed by atoms with Crippen LogP contribution in [0.1, 0.15) is 43.2 Å². The van der Waals surface area contributed by atoms with Gasteiger partial charge in [0, 0.05) is 36.2 Å². The Bertz CT molecular complexity index is 1140. The Labute approximate surface area is 174 Å². The van der Waals surface area contributed by atoms with E-state index in [1.165, 1.54) is 43.1 Å². The zero-order chi connectivity index (χ0) is 19.8. The van der Waals surface area contributed by atoms with Gasteiger partial charge in [-0.3, -0.25) is 14.7 Å². The summed E-state index contributed by atoms with van der Waals surface area (Å²) in [6, 6.07) is 8.91. The van der Waals surface area contributed by atoms with Gasteiger partial charge in [0.2, 0.25) is 0 Å². The van der Waals surface area contributed by atoms with Crippen LogP contribution in [0.15, 0.2) is 35.3 Å². The van der Waals surface area contributed by atoms with Crippen molar-refractivity contribution in [3.63, 3.8) is 0 Å². The van der Waals surface area contributed by atoms with Gasteiger partial charge in [0.25, 0.3) is 5.56 Å². The molecule has 0 unspecified atom stereocenters. The summed E-state index contributed by atoms with van der Waals surface area (Å²) in [6.45, 7) is 2.21. The number of para-hydroxylation sites is 1. The van der Waals surface area contributed by atoms with Crippen LogP contribution in [0.25, 0.3) is 10.9 Å². The first-order valence-corrected chi connectivity index (χ1v) is 11.0. The van der Waals surface area contributed by atoms with Crippen molar-refractivity contribution >= 4 is 28.9 Å². The lowest BCUT2D eigenvalue weighted by Crippen LogP contribution is -2.45. The highest BCUT2D eigenvalue weighted by Gasteiger charge is 2.27. The Morgan fingerprint density at radius 2 is 1.97 bits per heavy atom. The number of benzene rings is 1. The third kappa shape index (κ3) is 3.53. The van der Waals surface area contributed by atoms with Gasteiger partial charge in [-0.2, -0.15) is 0 Å². The standard InChI is InChI=1S/C22H27N5OS/c28-21-18-13-26(16-6-2-1-3-7-16)14-24-20(18)27(22(29)25-21)11-10-15-12-23-19-9-5-4-8-17(15)19/h4-5,8-9,12,16,23-24H,1-3,6-7,10-11,13-14H2,(H,25,28,29). The summed E-state index contributed by atoms with van der Waals surface area (Å²) in [5.74, 6) is 0.894. The maximum Gasteiger partial charge on any atom is 0.258 e. The fourth-order valence-electron chi connectivity index (χ4n) is 4.88. The van der Waals surface area contributed by atoms with Crippen molar-refractivity contribution in [2.24, 2.45) is 0 Å². The summed E-state index contributed by atoms with van der Waals surface area (Å²) in [4.78, 5) is 21.3. The Hall–Kier alpha value is -2.38. The first kappa shape index (κ1) is 18.6. The molecule has 0 amide bonds. The molecule has 0 radical (unpaired) electrons. The lowest BCUT2D eigenvalue weighted by Gasteiger charge is -2.38. The number of hydrogen-bond acceptors (Lipinski definition) is 4. The van der Waals surface area contributed by atoms with Gasteiger partial charge in [0.1, 0.15) is 5.82 Å². The van der Waals surface area contributed by atoms with Gasteiger partial charge >= 0.3 is 0 Å². The first-order chi connectivity index (χ1) is 14.2. The van der Waals surface area contributed by atoms with E-state index in [2.05, 4.69) is 49.1 Å². The Balaban J connectivity index is 1.41. The third-order valence-electron chi connectivity index (χ3n) is 6.48. The van der Waals surface area contributed by atoms with E-state index < -0.39 is 0 Å². The molecule has 1 fully saturated rings. The second kappa shape index (κ2) is 7.80. The summed E-state index contributed by atoms with van der Waals surface area (Å²) in [5, 5.41) is 4.77. The topological polar surface area (TPSA) is 68.8 Å². The number of aromatic amines is 2. The molecular weight excluding hydrogens is 382 g/mol. The maximum atomic E-state index is 12.7. The molecule has 3 aromatic rings. The van der Waals surface area contributed by atoms with Gasteiger partial charge in [-0.05, 0) is 43.1 Å². The fraction of sp³-hybridized carbons (Fsp3) is 0.455. The predicted molar refractivity (Wildman–Crippen MR) is 119 cm³/mol. The van der Waals surface area contributed by atoms with Gasteiger partial charge in [-0.15, -0.1) is 0 Å². The van der Waals surface area contributed by atoms with Crippen LogP contribution in [0.3, 0.4) is 0 Å². The van der Waals surface area contributed by atoms with Crippen molar-refractivity contribution in [1.29, 1.82) is 0 Å². The molecule has 3 N–H and O–H groups in total. The van der Waals surface area contributed by atoms with E-state index >= 15 is 0 Å². The molecule has 6 nitrogen and oxygen atoms in total. The van der Waals surface area contributed by atoms with Gasteiger partial charge in [-0.1, -0.05) is 37.5 Å². The third-order valence-corrected chi connectivity index (χ3v) is 6.80. The van der Waals surface area contributed by atoms with Gasteiger partial charge in [0.15, 0.2) is 4.77 Å². The molecule has 7 heteroatoms. The van der Waals surface area contributed by atoms with Crippen molar-refractivity contribution in [1.82, 2.24) is 19.4 Å². The number of nitrogens with one attached hydrogen (secondary N) is 3. The molecule has 1 aromatic carbocycles. The normalized spacial score (nSPS) is 17.9. The first-order valence-electron chi connectivity index (χ1n) is 10.6. The van der Waals surface area contributed by atoms with Crippen LogP contribution in [-0.4, -0.2) is 32.1 Å². The minimum atomic E-state index is -0.0543. The van der Waals surface area contributed by atoms with Crippen molar-refractivity contribution in [2.75, 3.05) is 12.0 Å². The number of fused-ring (bicyclic) bond motifs is 2. The van der Waals surface area contributed by atoms with Gasteiger partial charge in [0.05, 0.1) is 12.2 Å². The average molecular weight is 410 g/mol. The van der Waals surface area contributed by atoms with Crippen molar-refractivity contribution in [3.8, 4) is 0 Å². The van der Waals surface area contributed by atoms with Crippen LogP contribution < -0.4 is 10.9 Å². The number of aryl methyl sites for hydroxylation is 1. The quantitative estimate of drug-likeness (QED) is 0.566. The van der Waals surface area contributed by atoms with Crippen molar-refractivity contribution in [2.45, 2.75) is 57.7 Å². The van der Waals surface area contributed by atoms with E-state index in [1.807, 2.05) is 6.07 Å². The highest BCUT2D eigenvalue weighted by Crippen LogP contribution is 2.28. The Morgan fingerprint density at radius 1 is 1.14 bits per heavy atom. The van der Waals surface area contributed by atoms with Crippen LogP contribution in [-0.2, 0) is 19.5 Å². The highest BCUT2D eigenvalue weighted by molar-refractivity contribution is 7.71. The maximum absolute atomic E-state index is 12.7. The Morgan fingerprint density at radius 3 is 2.83 bits per heavy atom. The molecule has 0 bridgehead atoms. The number of aromatic nitrogens is 3. The second-order valence-electron chi connectivity index (χ2n) is 8.22. The predicted octanol–water partition coefficient (Wildman–Crippen LogP) is 4.15. The molecule has 1 aliphatic carbocycles. The van der Waals surface area contributed by atoms with Crippen molar-refractivity contribution < 1.29 is 0 Å². The van der Waals surface area contributed by atoms with Crippen LogP contribution in [0.5, 0.6) is 0 Å². The van der Waals surface area contributed by atoms with E-state index in [0.717, 1.165) is 36.5 Å². The fourth-order valence-corrected chi connectivity index (χ4v) is 5.16. The largest absolute Gasteiger partial charge is 0.361 e. The van der Waals surface area contributed by atoms with E-state index in [4.69, 9.17) is 12.2 Å². The molecule has 0 saturated heterocycles. The summed E-state index contributed by atoms with van der Waals surface area (Å²) in [5.41, 5.74) is 3.17. The van der Waals surface area contributed by atoms with E-state index in [9.17, 15) is 4.79 Å². The molecular formula is C22H27N5OS. The molecule has 1 saturated carbocycles. The summed E-state index contributed by atoms with van der Waals surface area (Å²) >= 11 is 5.52. The number of H-pyrrole nitrogens is 2. The smallest absolute Gasteiger partial charge is 0.258 e. The number of rotatable bonds is 4. The lowest BCUT2D eigenvalue weighted by atomic mass is 9.94. The second-order valence-corrected chi connectivity index (χ2v) is 8.61.